The van der Waals surface area contributed by atoms with Crippen LogP contribution in [-0.2, 0) is 0 Å². The third-order valence-corrected chi connectivity index (χ3v) is 10.8. The molecule has 12 rings (SSSR count). The quantitative estimate of drug-likeness (QED) is 0.188. The number of para-hydroxylation sites is 3. The lowest BCUT2D eigenvalue weighted by Crippen LogP contribution is -1.98. The molecule has 5 aromatic heterocycles. The molecule has 4 nitrogen and oxygen atoms in total. The van der Waals surface area contributed by atoms with E-state index in [-0.39, 0.29) is 0 Å². The molecule has 0 unspecified atom stereocenters. The van der Waals surface area contributed by atoms with Crippen molar-refractivity contribution in [3.8, 4) is 11.4 Å². The lowest BCUT2D eigenvalue weighted by molar-refractivity contribution is 1.13. The zero-order valence-corrected chi connectivity index (χ0v) is 26.3. The van der Waals surface area contributed by atoms with E-state index in [0.717, 1.165) is 16.9 Å². The van der Waals surface area contributed by atoms with Crippen LogP contribution < -0.4 is 0 Å². The van der Waals surface area contributed by atoms with Crippen LogP contribution in [0.15, 0.2) is 158 Å². The summed E-state index contributed by atoms with van der Waals surface area (Å²) in [7, 11) is 0. The molecule has 0 amide bonds. The van der Waals surface area contributed by atoms with Gasteiger partial charge in [-0.3, -0.25) is 4.98 Å². The molecule has 0 aliphatic rings. The van der Waals surface area contributed by atoms with Gasteiger partial charge in [0, 0.05) is 66.0 Å². The Hall–Kier alpha value is -6.65. The molecule has 0 bridgehead atoms. The Morgan fingerprint density at radius 2 is 1.00 bits per heavy atom. The number of hydrogen-bond donors (Lipinski definition) is 0. The second-order valence-electron chi connectivity index (χ2n) is 13.2. The van der Waals surface area contributed by atoms with E-state index in [2.05, 4.69) is 164 Å². The van der Waals surface area contributed by atoms with Crippen molar-refractivity contribution in [3.05, 3.63) is 158 Å². The van der Waals surface area contributed by atoms with E-state index in [1.807, 2.05) is 12.4 Å². The molecule has 0 aliphatic carbocycles. The van der Waals surface area contributed by atoms with Gasteiger partial charge in [-0.15, -0.1) is 0 Å². The van der Waals surface area contributed by atoms with Gasteiger partial charge in [0.1, 0.15) is 0 Å². The van der Waals surface area contributed by atoms with Crippen LogP contribution >= 0.6 is 0 Å². The van der Waals surface area contributed by atoms with Crippen molar-refractivity contribution in [1.82, 2.24) is 18.5 Å². The molecule has 0 saturated heterocycles. The maximum Gasteiger partial charge on any atom is 0.0724 e. The third-order valence-electron chi connectivity index (χ3n) is 10.8. The minimum atomic E-state index is 1.11. The van der Waals surface area contributed by atoms with Gasteiger partial charge >= 0.3 is 0 Å². The highest BCUT2D eigenvalue weighted by Crippen LogP contribution is 2.48. The summed E-state index contributed by atoms with van der Waals surface area (Å²) >= 11 is 0. The Bertz CT molecular complexity index is 3280. The van der Waals surface area contributed by atoms with E-state index in [1.54, 1.807) is 0 Å². The summed E-state index contributed by atoms with van der Waals surface area (Å²) in [6.07, 6.45) is 3.87. The van der Waals surface area contributed by atoms with E-state index in [1.165, 1.54) is 87.0 Å². The standard InChI is InChI=1S/C45H26N4/c1-2-13-30-27(10-1)20-21-35-43-42-34-16-5-8-19-39(34)47(40(42)25-36-32-15-4-7-18-38(32)49(44(30)35)45(36)43)28-11-9-12-29(24-28)48-37-17-6-3-14-31(37)33-22-23-46-26-41(33)48/h1-26H. The number of pyridine rings is 1. The maximum absolute atomic E-state index is 4.53. The normalized spacial score (nSPS) is 12.5. The maximum atomic E-state index is 4.53. The molecule has 12 aromatic rings. The minimum Gasteiger partial charge on any atom is -0.309 e. The van der Waals surface area contributed by atoms with Crippen LogP contribution in [0.5, 0.6) is 0 Å². The van der Waals surface area contributed by atoms with Crippen LogP contribution in [0, 0.1) is 0 Å². The van der Waals surface area contributed by atoms with Crippen LogP contribution in [-0.4, -0.2) is 18.5 Å². The van der Waals surface area contributed by atoms with Gasteiger partial charge in [-0.25, -0.2) is 0 Å². The summed E-state index contributed by atoms with van der Waals surface area (Å²) < 4.78 is 7.35. The Balaban J connectivity index is 1.26. The van der Waals surface area contributed by atoms with Gasteiger partial charge in [0.2, 0.25) is 0 Å². The molecule has 0 N–H and O–H groups in total. The first-order valence-electron chi connectivity index (χ1n) is 16.8. The second kappa shape index (κ2) is 9.03. The predicted octanol–water partition coefficient (Wildman–Crippen LogP) is 11.6. The second-order valence-corrected chi connectivity index (χ2v) is 13.2. The molecule has 0 aliphatic heterocycles. The van der Waals surface area contributed by atoms with Gasteiger partial charge < -0.3 is 13.5 Å². The van der Waals surface area contributed by atoms with Crippen LogP contribution in [0.1, 0.15) is 0 Å². The molecule has 226 valence electrons. The summed E-state index contributed by atoms with van der Waals surface area (Å²) in [5, 5.41) is 12.7. The number of aromatic nitrogens is 4. The zero-order valence-electron chi connectivity index (χ0n) is 26.3. The Morgan fingerprint density at radius 1 is 0.367 bits per heavy atom. The average Bonchev–Trinajstić information content (AvgIpc) is 3.88. The number of nitrogens with zero attached hydrogens (tertiary/aromatic N) is 4. The van der Waals surface area contributed by atoms with E-state index < -0.39 is 0 Å². The highest BCUT2D eigenvalue weighted by Gasteiger charge is 2.25. The van der Waals surface area contributed by atoms with E-state index in [0.29, 0.717) is 0 Å². The monoisotopic (exact) mass is 622 g/mol. The van der Waals surface area contributed by atoms with Crippen LogP contribution in [0.4, 0.5) is 0 Å². The highest BCUT2D eigenvalue weighted by atomic mass is 15.0. The fraction of sp³-hybridized carbons (Fsp3) is 0. The molecule has 0 fully saturated rings. The van der Waals surface area contributed by atoms with Gasteiger partial charge in [-0.2, -0.15) is 0 Å². The topological polar surface area (TPSA) is 27.2 Å². The van der Waals surface area contributed by atoms with Crippen LogP contribution in [0.2, 0.25) is 0 Å². The lowest BCUT2D eigenvalue weighted by atomic mass is 10.00. The number of rotatable bonds is 2. The van der Waals surface area contributed by atoms with Crippen molar-refractivity contribution in [1.29, 1.82) is 0 Å². The first kappa shape index (κ1) is 25.4. The molecule has 0 spiro atoms. The zero-order chi connectivity index (χ0) is 31.8. The first-order valence-corrected chi connectivity index (χ1v) is 16.8. The van der Waals surface area contributed by atoms with Crippen molar-refractivity contribution >= 4 is 92.5 Å². The Morgan fingerprint density at radius 3 is 1.82 bits per heavy atom. The lowest BCUT2D eigenvalue weighted by Gasteiger charge is -2.13. The third kappa shape index (κ3) is 3.12. The molecule has 0 saturated carbocycles. The molecule has 0 radical (unpaired) electrons. The van der Waals surface area contributed by atoms with E-state index in [9.17, 15) is 0 Å². The molecule has 7 aromatic carbocycles. The fourth-order valence-electron chi connectivity index (χ4n) is 8.91. The Kier molecular flexibility index (Phi) is 4.69. The summed E-state index contributed by atoms with van der Waals surface area (Å²) in [6.45, 7) is 0. The number of fused-ring (bicyclic) bond motifs is 15. The van der Waals surface area contributed by atoms with Crippen molar-refractivity contribution in [2.24, 2.45) is 0 Å². The van der Waals surface area contributed by atoms with Gasteiger partial charge in [0.15, 0.2) is 0 Å². The van der Waals surface area contributed by atoms with E-state index in [4.69, 9.17) is 0 Å². The highest BCUT2D eigenvalue weighted by molar-refractivity contribution is 6.37. The van der Waals surface area contributed by atoms with Gasteiger partial charge in [-0.05, 0) is 53.9 Å². The smallest absolute Gasteiger partial charge is 0.0724 e. The predicted molar refractivity (Wildman–Crippen MR) is 205 cm³/mol. The van der Waals surface area contributed by atoms with Crippen molar-refractivity contribution in [2.45, 2.75) is 0 Å². The molecule has 49 heavy (non-hydrogen) atoms. The van der Waals surface area contributed by atoms with Crippen LogP contribution in [0.25, 0.3) is 104 Å². The molecule has 5 heterocycles. The fourth-order valence-corrected chi connectivity index (χ4v) is 8.91. The summed E-state index contributed by atoms with van der Waals surface area (Å²) in [6, 6.07) is 53.4. The van der Waals surface area contributed by atoms with Gasteiger partial charge in [-0.1, -0.05) is 97.1 Å². The SMILES string of the molecule is c1cc(-n2c3ccccc3c3ccncc32)cc(-n2c3ccccc3c3c4c5ccc6ccccc6c5n5c6ccccc6c(cc32)c45)c1. The van der Waals surface area contributed by atoms with Crippen molar-refractivity contribution < 1.29 is 0 Å². The average molecular weight is 623 g/mol. The summed E-state index contributed by atoms with van der Waals surface area (Å²) in [5.74, 6) is 0. The van der Waals surface area contributed by atoms with Crippen molar-refractivity contribution in [3.63, 3.8) is 0 Å². The number of benzene rings is 7. The Labute approximate surface area is 279 Å². The molecule has 4 heteroatoms. The summed E-state index contributed by atoms with van der Waals surface area (Å²) in [4.78, 5) is 4.53. The van der Waals surface area contributed by atoms with Gasteiger partial charge in [0.25, 0.3) is 0 Å². The largest absolute Gasteiger partial charge is 0.309 e. The van der Waals surface area contributed by atoms with E-state index >= 15 is 0 Å². The van der Waals surface area contributed by atoms with Crippen LogP contribution in [0.3, 0.4) is 0 Å². The first-order chi connectivity index (χ1) is 24.3. The number of hydrogen-bond acceptors (Lipinski definition) is 1. The molecule has 0 atom stereocenters. The minimum absolute atomic E-state index is 1.11. The van der Waals surface area contributed by atoms with Crippen molar-refractivity contribution in [2.75, 3.05) is 0 Å². The van der Waals surface area contributed by atoms with Gasteiger partial charge in [0.05, 0.1) is 44.8 Å². The summed E-state index contributed by atoms with van der Waals surface area (Å²) in [5.41, 5.74) is 10.8. The molecular formula is C45H26N4. The molecular weight excluding hydrogens is 597 g/mol.